The van der Waals surface area contributed by atoms with E-state index in [0.29, 0.717) is 0 Å². The van der Waals surface area contributed by atoms with Gasteiger partial charge in [-0.15, -0.1) is 0 Å². The number of esters is 8. The zero-order valence-corrected chi connectivity index (χ0v) is 23.4. The SMILES string of the molecule is CC(=O)OC[C@H](OC(C)=O)[C@@H](OC(C)=O)[C@H](OC(C)=O)[C@H](OC(C)=O)[C@@H](OC(C)=O)[C@@H](COC(C)=O)OC(C)=O. The minimum atomic E-state index is -1.95. The Balaban J connectivity index is 7.24. The van der Waals surface area contributed by atoms with Gasteiger partial charge >= 0.3 is 47.8 Å². The lowest BCUT2D eigenvalue weighted by Gasteiger charge is -2.39. The summed E-state index contributed by atoms with van der Waals surface area (Å²) in [6, 6.07) is 0. The summed E-state index contributed by atoms with van der Waals surface area (Å²) in [5.41, 5.74) is 0. The highest BCUT2D eigenvalue weighted by Crippen LogP contribution is 2.26. The first-order chi connectivity index (χ1) is 18.4. The highest BCUT2D eigenvalue weighted by atomic mass is 16.7. The van der Waals surface area contributed by atoms with Crippen molar-refractivity contribution >= 4 is 47.8 Å². The summed E-state index contributed by atoms with van der Waals surface area (Å²) in [5.74, 6) is -7.64. The Morgan fingerprint density at radius 3 is 0.775 bits per heavy atom. The third kappa shape index (κ3) is 14.6. The van der Waals surface area contributed by atoms with E-state index in [-0.39, 0.29) is 0 Å². The second kappa shape index (κ2) is 17.4. The number of ether oxygens (including phenoxy) is 8. The Hall–Kier alpha value is -4.24. The van der Waals surface area contributed by atoms with E-state index in [1.54, 1.807) is 0 Å². The molecule has 16 nitrogen and oxygen atoms in total. The average Bonchev–Trinajstić information content (AvgIpc) is 2.77. The molecule has 0 N–H and O–H groups in total. The van der Waals surface area contributed by atoms with E-state index in [1.807, 2.05) is 0 Å². The van der Waals surface area contributed by atoms with E-state index in [0.717, 1.165) is 55.4 Å². The Morgan fingerprint density at radius 2 is 0.575 bits per heavy atom. The lowest BCUT2D eigenvalue weighted by molar-refractivity contribution is -0.223. The van der Waals surface area contributed by atoms with Crippen LogP contribution < -0.4 is 0 Å². The molecule has 0 aliphatic rings. The minimum absolute atomic E-state index is 0.726. The van der Waals surface area contributed by atoms with E-state index < -0.39 is 97.6 Å². The standard InChI is InChI=1S/C24H34O16/c1-11(25)33-9-19(35-13(3)27)21(37-15(5)29)23(39-17(7)31)24(40-18(8)32)22(38-16(6)30)20(36-14(4)28)10-34-12(2)26/h19-24H,9-10H2,1-8H3/t19-,20+,21+,22-,23-,24+. The lowest BCUT2D eigenvalue weighted by Crippen LogP contribution is -2.59. The monoisotopic (exact) mass is 578 g/mol. The van der Waals surface area contributed by atoms with Crippen molar-refractivity contribution in [3.05, 3.63) is 0 Å². The van der Waals surface area contributed by atoms with Gasteiger partial charge in [0.15, 0.2) is 36.6 Å². The largest absolute Gasteiger partial charge is 0.462 e. The topological polar surface area (TPSA) is 210 Å². The van der Waals surface area contributed by atoms with Gasteiger partial charge in [-0.25, -0.2) is 0 Å². The van der Waals surface area contributed by atoms with Crippen LogP contribution in [0.1, 0.15) is 55.4 Å². The van der Waals surface area contributed by atoms with Gasteiger partial charge in [0.1, 0.15) is 13.2 Å². The van der Waals surface area contributed by atoms with Crippen molar-refractivity contribution < 1.29 is 76.3 Å². The van der Waals surface area contributed by atoms with Crippen LogP contribution in [0.2, 0.25) is 0 Å². The number of rotatable bonds is 15. The molecular weight excluding hydrogens is 544 g/mol. The summed E-state index contributed by atoms with van der Waals surface area (Å²) >= 11 is 0. The molecule has 0 saturated heterocycles. The molecule has 0 saturated carbocycles. The van der Waals surface area contributed by atoms with E-state index >= 15 is 0 Å². The predicted molar refractivity (Wildman–Crippen MR) is 127 cm³/mol. The summed E-state index contributed by atoms with van der Waals surface area (Å²) in [5, 5.41) is 0. The molecule has 0 heterocycles. The molecular formula is C24H34O16. The number of hydrogen-bond donors (Lipinski definition) is 0. The molecule has 0 spiro atoms. The van der Waals surface area contributed by atoms with Gasteiger partial charge in [-0.3, -0.25) is 38.4 Å². The molecule has 40 heavy (non-hydrogen) atoms. The number of carbonyl (C=O) groups excluding carboxylic acids is 8. The molecule has 16 heteroatoms. The van der Waals surface area contributed by atoms with Gasteiger partial charge in [-0.05, 0) is 0 Å². The molecule has 6 atom stereocenters. The van der Waals surface area contributed by atoms with Crippen LogP contribution >= 0.6 is 0 Å². The van der Waals surface area contributed by atoms with E-state index in [2.05, 4.69) is 0 Å². The Bertz CT molecular complexity index is 881. The molecule has 0 radical (unpaired) electrons. The minimum Gasteiger partial charge on any atom is -0.462 e. The molecule has 0 aromatic heterocycles. The van der Waals surface area contributed by atoms with E-state index in [1.165, 1.54) is 0 Å². The van der Waals surface area contributed by atoms with Crippen LogP contribution in [0.25, 0.3) is 0 Å². The zero-order valence-electron chi connectivity index (χ0n) is 23.4. The zero-order chi connectivity index (χ0) is 31.2. The maximum Gasteiger partial charge on any atom is 0.303 e. The third-order valence-electron chi connectivity index (χ3n) is 4.45. The molecule has 0 fully saturated rings. The molecule has 0 aliphatic carbocycles. The summed E-state index contributed by atoms with van der Waals surface area (Å²) in [6.45, 7) is 6.33. The van der Waals surface area contributed by atoms with Gasteiger partial charge < -0.3 is 37.9 Å². The summed E-state index contributed by atoms with van der Waals surface area (Å²) in [6.07, 6.45) is -11.0. The molecule has 0 rings (SSSR count). The number of carbonyl (C=O) groups is 8. The van der Waals surface area contributed by atoms with Crippen molar-refractivity contribution in [3.63, 3.8) is 0 Å². The van der Waals surface area contributed by atoms with Gasteiger partial charge in [-0.1, -0.05) is 0 Å². The fourth-order valence-electron chi connectivity index (χ4n) is 3.33. The van der Waals surface area contributed by atoms with Gasteiger partial charge in [0, 0.05) is 55.4 Å². The highest BCUT2D eigenvalue weighted by Gasteiger charge is 2.51. The Morgan fingerprint density at radius 1 is 0.350 bits per heavy atom. The molecule has 0 amide bonds. The molecule has 226 valence electrons. The van der Waals surface area contributed by atoms with Gasteiger partial charge in [-0.2, -0.15) is 0 Å². The normalized spacial score (nSPS) is 14.9. The lowest BCUT2D eigenvalue weighted by atomic mass is 9.95. The molecule has 0 aliphatic heterocycles. The van der Waals surface area contributed by atoms with E-state index in [4.69, 9.17) is 37.9 Å². The van der Waals surface area contributed by atoms with Crippen LogP contribution in [0.5, 0.6) is 0 Å². The maximum absolute atomic E-state index is 12.2. The van der Waals surface area contributed by atoms with E-state index in [9.17, 15) is 38.4 Å². The van der Waals surface area contributed by atoms with Crippen LogP contribution in [-0.2, 0) is 76.3 Å². The van der Waals surface area contributed by atoms with Gasteiger partial charge in [0.25, 0.3) is 0 Å². The smallest absolute Gasteiger partial charge is 0.303 e. The molecule has 0 aromatic carbocycles. The van der Waals surface area contributed by atoms with Crippen molar-refractivity contribution in [1.29, 1.82) is 0 Å². The maximum atomic E-state index is 12.2. The van der Waals surface area contributed by atoms with Crippen molar-refractivity contribution in [1.82, 2.24) is 0 Å². The van der Waals surface area contributed by atoms with Crippen LogP contribution in [0.15, 0.2) is 0 Å². The van der Waals surface area contributed by atoms with Gasteiger partial charge in [0.05, 0.1) is 0 Å². The summed E-state index contributed by atoms with van der Waals surface area (Å²) < 4.78 is 41.3. The first kappa shape index (κ1) is 35.8. The fourth-order valence-corrected chi connectivity index (χ4v) is 3.33. The quantitative estimate of drug-likeness (QED) is 0.180. The van der Waals surface area contributed by atoms with Crippen molar-refractivity contribution in [2.24, 2.45) is 0 Å². The second-order valence-corrected chi connectivity index (χ2v) is 8.20. The first-order valence-electron chi connectivity index (χ1n) is 11.7. The average molecular weight is 579 g/mol. The Labute approximate surface area is 229 Å². The van der Waals surface area contributed by atoms with Crippen LogP contribution in [0, 0.1) is 0 Å². The molecule has 0 unspecified atom stereocenters. The highest BCUT2D eigenvalue weighted by molar-refractivity contribution is 5.70. The van der Waals surface area contributed by atoms with Crippen molar-refractivity contribution in [2.75, 3.05) is 13.2 Å². The van der Waals surface area contributed by atoms with Crippen LogP contribution in [0.3, 0.4) is 0 Å². The van der Waals surface area contributed by atoms with Crippen LogP contribution in [0.4, 0.5) is 0 Å². The summed E-state index contributed by atoms with van der Waals surface area (Å²) in [7, 11) is 0. The summed E-state index contributed by atoms with van der Waals surface area (Å²) in [4.78, 5) is 95.3. The molecule has 0 aromatic rings. The van der Waals surface area contributed by atoms with Crippen molar-refractivity contribution in [2.45, 2.75) is 92.0 Å². The first-order valence-corrected chi connectivity index (χ1v) is 11.7. The predicted octanol–water partition coefficient (Wildman–Crippen LogP) is -0.297. The fraction of sp³-hybridized carbons (Fsp3) is 0.667. The van der Waals surface area contributed by atoms with Gasteiger partial charge in [0.2, 0.25) is 0 Å². The third-order valence-corrected chi connectivity index (χ3v) is 4.45. The van der Waals surface area contributed by atoms with Crippen molar-refractivity contribution in [3.8, 4) is 0 Å². The second-order valence-electron chi connectivity index (χ2n) is 8.20. The number of hydrogen-bond acceptors (Lipinski definition) is 16. The Kier molecular flexibility index (Phi) is 15.5. The van der Waals surface area contributed by atoms with Crippen LogP contribution in [-0.4, -0.2) is 97.6 Å². The molecule has 0 bridgehead atoms.